The van der Waals surface area contributed by atoms with Crippen LogP contribution in [0.1, 0.15) is 55.6 Å². The summed E-state index contributed by atoms with van der Waals surface area (Å²) >= 11 is 0. The second-order valence-electron chi connectivity index (χ2n) is 11.1. The molecule has 3 aromatic rings. The Morgan fingerprint density at radius 1 is 1.10 bits per heavy atom. The summed E-state index contributed by atoms with van der Waals surface area (Å²) in [6, 6.07) is 7.00. The van der Waals surface area contributed by atoms with E-state index in [1.165, 1.54) is 4.57 Å². The Kier molecular flexibility index (Phi) is 8.46. The molecule has 5 rings (SSSR count). The molecule has 1 N–H and O–H groups in total. The average Bonchev–Trinajstić information content (AvgIpc) is 3.66. The summed E-state index contributed by atoms with van der Waals surface area (Å²) in [5.41, 5.74) is 2.22. The van der Waals surface area contributed by atoms with E-state index >= 15 is 4.39 Å². The van der Waals surface area contributed by atoms with Gasteiger partial charge in [-0.1, -0.05) is 18.6 Å². The highest BCUT2D eigenvalue weighted by molar-refractivity contribution is 5.89. The Bertz CT molecular complexity index is 1470. The van der Waals surface area contributed by atoms with Crippen molar-refractivity contribution in [2.24, 2.45) is 12.5 Å². The Morgan fingerprint density at radius 2 is 1.75 bits per heavy atom. The van der Waals surface area contributed by atoms with E-state index in [-0.39, 0.29) is 28.4 Å². The number of anilines is 2. The molecule has 0 spiro atoms. The van der Waals surface area contributed by atoms with Gasteiger partial charge >= 0.3 is 0 Å². The van der Waals surface area contributed by atoms with Crippen molar-refractivity contribution in [3.8, 4) is 0 Å². The molecule has 0 atom stereocenters. The highest BCUT2D eigenvalue weighted by Crippen LogP contribution is 2.46. The van der Waals surface area contributed by atoms with E-state index in [0.29, 0.717) is 60.7 Å². The molecule has 0 bridgehead atoms. The van der Waals surface area contributed by atoms with Gasteiger partial charge in [0.2, 0.25) is 5.91 Å². The number of fused-ring (bicyclic) bond motifs is 1. The molecule has 1 saturated carbocycles. The number of nitrogens with one attached hydrogen (secondary N) is 1. The number of amides is 1. The fourth-order valence-electron chi connectivity index (χ4n) is 5.30. The number of carbonyl (C=O) groups is 1. The van der Waals surface area contributed by atoms with E-state index in [1.807, 2.05) is 43.6 Å². The van der Waals surface area contributed by atoms with E-state index in [1.54, 1.807) is 32.2 Å². The molecular weight excluding hydrogens is 519 g/mol. The number of piperazine rings is 1. The average molecular weight is 558 g/mol. The van der Waals surface area contributed by atoms with Crippen molar-refractivity contribution in [3.05, 3.63) is 63.0 Å². The fourth-order valence-corrected chi connectivity index (χ4v) is 5.30. The van der Waals surface area contributed by atoms with Crippen LogP contribution in [0.4, 0.5) is 24.7 Å². The normalized spacial score (nSPS) is 16.1. The zero-order valence-corrected chi connectivity index (χ0v) is 24.1. The predicted molar refractivity (Wildman–Crippen MR) is 153 cm³/mol. The lowest BCUT2D eigenvalue weighted by atomic mass is 10.0. The number of aryl methyl sites for hydroxylation is 3. The number of benzene rings is 1. The van der Waals surface area contributed by atoms with Crippen molar-refractivity contribution in [3.63, 3.8) is 0 Å². The zero-order chi connectivity index (χ0) is 29.4. The Labute approximate surface area is 233 Å². The topological polar surface area (TPSA) is 70.5 Å². The van der Waals surface area contributed by atoms with Crippen LogP contribution >= 0.6 is 0 Å². The van der Waals surface area contributed by atoms with Gasteiger partial charge in [0.1, 0.15) is 11.5 Å². The number of hydrogen-bond acceptors (Lipinski definition) is 5. The number of alkyl halides is 2. The maximum Gasteiger partial charge on any atom is 0.282 e. The Morgan fingerprint density at radius 3 is 2.33 bits per heavy atom. The van der Waals surface area contributed by atoms with E-state index in [2.05, 4.69) is 10.3 Å². The van der Waals surface area contributed by atoms with Crippen molar-refractivity contribution >= 4 is 28.2 Å². The molecule has 1 saturated heterocycles. The van der Waals surface area contributed by atoms with Gasteiger partial charge in [-0.2, -0.15) is 0 Å². The third kappa shape index (κ3) is 5.81. The molecular formula is C30H38F3N5O2. The zero-order valence-electron chi connectivity index (χ0n) is 24.1. The molecule has 1 amide bonds. The molecule has 1 aliphatic heterocycles. The molecule has 2 aromatic heterocycles. The van der Waals surface area contributed by atoms with Crippen LogP contribution in [0.25, 0.3) is 10.8 Å². The third-order valence-corrected chi connectivity index (χ3v) is 7.77. The summed E-state index contributed by atoms with van der Waals surface area (Å²) in [4.78, 5) is 33.0. The molecule has 3 heterocycles. The van der Waals surface area contributed by atoms with Gasteiger partial charge < -0.3 is 15.1 Å². The van der Waals surface area contributed by atoms with E-state index in [4.69, 9.17) is 0 Å². The number of hydrogen-bond donors (Lipinski definition) is 1. The van der Waals surface area contributed by atoms with Crippen LogP contribution in [0.2, 0.25) is 0 Å². The summed E-state index contributed by atoms with van der Waals surface area (Å²) in [6.07, 6.45) is -0.606. The third-order valence-electron chi connectivity index (χ3n) is 7.77. The van der Waals surface area contributed by atoms with Crippen molar-refractivity contribution in [2.45, 2.75) is 53.9 Å². The highest BCUT2D eigenvalue weighted by Gasteiger charge is 2.47. The number of halogens is 3. The minimum atomic E-state index is -2.52. The highest BCUT2D eigenvalue weighted by atomic mass is 19.3. The number of pyridine rings is 2. The van der Waals surface area contributed by atoms with Gasteiger partial charge in [0, 0.05) is 56.3 Å². The molecule has 10 heteroatoms. The molecule has 1 aromatic carbocycles. The van der Waals surface area contributed by atoms with E-state index in [9.17, 15) is 18.4 Å². The molecule has 0 unspecified atom stereocenters. The molecule has 7 nitrogen and oxygen atoms in total. The van der Waals surface area contributed by atoms with Crippen molar-refractivity contribution < 1.29 is 18.0 Å². The quantitative estimate of drug-likeness (QED) is 0.449. The second kappa shape index (κ2) is 11.5. The molecule has 216 valence electrons. The maximum atomic E-state index is 15.5. The summed E-state index contributed by atoms with van der Waals surface area (Å²) in [6.45, 7) is 12.1. The number of rotatable bonds is 5. The molecule has 2 fully saturated rings. The van der Waals surface area contributed by atoms with Gasteiger partial charge in [0.25, 0.3) is 12.0 Å². The molecule has 2 aliphatic rings. The smallest absolute Gasteiger partial charge is 0.282 e. The number of carbonyl (C=O) groups excluding carboxylic acids is 1. The number of nitrogens with zero attached hydrogens (tertiary/aromatic N) is 4. The second-order valence-corrected chi connectivity index (χ2v) is 11.1. The van der Waals surface area contributed by atoms with Gasteiger partial charge in [-0.05, 0) is 64.3 Å². The van der Waals surface area contributed by atoms with Gasteiger partial charge in [-0.15, -0.1) is 0 Å². The van der Waals surface area contributed by atoms with E-state index < -0.39 is 6.43 Å². The first kappa shape index (κ1) is 29.4. The maximum absolute atomic E-state index is 15.5. The van der Waals surface area contributed by atoms with Gasteiger partial charge in [-0.25, -0.2) is 18.2 Å². The first-order valence-corrected chi connectivity index (χ1v) is 13.7. The summed E-state index contributed by atoms with van der Waals surface area (Å²) < 4.78 is 41.7. The van der Waals surface area contributed by atoms with Crippen LogP contribution in [-0.4, -0.2) is 53.1 Å². The SMILES string of the molecule is CCNc1ccc(C)nc1C(F)F.Cc1cc(C)c2c(F)c(N3CCN(C(=O)C4(C)CC4)CC3)n(C)c(=O)c2c1. The molecule has 1 aliphatic carbocycles. The van der Waals surface area contributed by atoms with Crippen LogP contribution in [0.15, 0.2) is 29.1 Å². The van der Waals surface area contributed by atoms with Crippen LogP contribution in [-0.2, 0) is 11.8 Å². The predicted octanol–water partition coefficient (Wildman–Crippen LogP) is 5.50. The van der Waals surface area contributed by atoms with Crippen LogP contribution in [0, 0.1) is 32.0 Å². The van der Waals surface area contributed by atoms with Gasteiger partial charge in [0.15, 0.2) is 5.82 Å². The Balaban J connectivity index is 0.000000240. The van der Waals surface area contributed by atoms with Gasteiger partial charge in [-0.3, -0.25) is 14.2 Å². The van der Waals surface area contributed by atoms with Crippen LogP contribution in [0.5, 0.6) is 0 Å². The summed E-state index contributed by atoms with van der Waals surface area (Å²) in [7, 11) is 1.63. The lowest BCUT2D eigenvalue weighted by Gasteiger charge is -2.38. The first-order chi connectivity index (χ1) is 18.9. The van der Waals surface area contributed by atoms with Crippen molar-refractivity contribution in [1.82, 2.24) is 14.5 Å². The first-order valence-electron chi connectivity index (χ1n) is 13.7. The van der Waals surface area contributed by atoms with Crippen molar-refractivity contribution in [2.75, 3.05) is 42.9 Å². The minimum Gasteiger partial charge on any atom is -0.384 e. The van der Waals surface area contributed by atoms with E-state index in [0.717, 1.165) is 24.0 Å². The van der Waals surface area contributed by atoms with Crippen LogP contribution in [0.3, 0.4) is 0 Å². The Hall–Kier alpha value is -3.56. The number of aromatic nitrogens is 2. The van der Waals surface area contributed by atoms with Gasteiger partial charge in [0.05, 0.1) is 11.1 Å². The fraction of sp³-hybridized carbons (Fsp3) is 0.500. The van der Waals surface area contributed by atoms with Crippen LogP contribution < -0.4 is 15.8 Å². The monoisotopic (exact) mass is 557 g/mol. The summed E-state index contributed by atoms with van der Waals surface area (Å²) in [5, 5.41) is 3.67. The minimum absolute atomic E-state index is 0.165. The van der Waals surface area contributed by atoms with Crippen molar-refractivity contribution in [1.29, 1.82) is 0 Å². The largest absolute Gasteiger partial charge is 0.384 e. The molecule has 0 radical (unpaired) electrons. The lowest BCUT2D eigenvalue weighted by molar-refractivity contribution is -0.136. The standard InChI is InChI=1S/C21H26FN3O2.C9H12F2N2/c1-13-11-14(2)16-15(12-13)19(26)23(4)18(17(16)22)24-7-9-25(10-8-24)20(27)21(3)5-6-21;1-3-12-7-5-4-6(2)13-8(7)9(10)11/h11-12H,5-10H2,1-4H3;4-5,9,12H,3H2,1-2H3. The summed E-state index contributed by atoms with van der Waals surface area (Å²) in [5.74, 6) is 0.184. The lowest BCUT2D eigenvalue weighted by Crippen LogP contribution is -2.51. The molecule has 40 heavy (non-hydrogen) atoms.